The van der Waals surface area contributed by atoms with Crippen LogP contribution >= 0.6 is 0 Å². The van der Waals surface area contributed by atoms with Crippen LogP contribution in [0.5, 0.6) is 0 Å². The van der Waals surface area contributed by atoms with Gasteiger partial charge < -0.3 is 15.5 Å². The van der Waals surface area contributed by atoms with Gasteiger partial charge in [0.2, 0.25) is 5.91 Å². The Morgan fingerprint density at radius 2 is 1.89 bits per heavy atom. The van der Waals surface area contributed by atoms with Crippen LogP contribution in [0.3, 0.4) is 0 Å². The molecule has 0 aromatic heterocycles. The lowest BCUT2D eigenvalue weighted by atomic mass is 9.95. The number of hydrogen-bond donors (Lipinski definition) is 3. The van der Waals surface area contributed by atoms with Gasteiger partial charge in [-0.2, -0.15) is 0 Å². The third-order valence-corrected chi connectivity index (χ3v) is 3.32. The fourth-order valence-electron chi connectivity index (χ4n) is 1.99. The minimum atomic E-state index is -1.62. The van der Waals surface area contributed by atoms with E-state index in [0.717, 1.165) is 0 Å². The second kappa shape index (κ2) is 4.97. The van der Waals surface area contributed by atoms with E-state index < -0.39 is 17.5 Å². The molecule has 6 heteroatoms. The molecule has 1 aliphatic carbocycles. The summed E-state index contributed by atoms with van der Waals surface area (Å²) in [5.74, 6) is -2.09. The van der Waals surface area contributed by atoms with Crippen LogP contribution in [0, 0.1) is 5.82 Å². The number of carbonyl (C=O) groups is 2. The molecular weight excluding hydrogens is 253 g/mol. The summed E-state index contributed by atoms with van der Waals surface area (Å²) in [4.78, 5) is 22.5. The van der Waals surface area contributed by atoms with E-state index in [9.17, 15) is 14.0 Å². The van der Waals surface area contributed by atoms with Crippen molar-refractivity contribution in [1.82, 2.24) is 5.32 Å². The van der Waals surface area contributed by atoms with E-state index in [0.29, 0.717) is 18.4 Å². The number of carboxylic acids is 1. The van der Waals surface area contributed by atoms with Crippen LogP contribution in [0.4, 0.5) is 4.39 Å². The molecule has 5 nitrogen and oxygen atoms in total. The second-order valence-corrected chi connectivity index (χ2v) is 4.65. The molecule has 19 heavy (non-hydrogen) atoms. The number of aliphatic carboxylic acids is 1. The van der Waals surface area contributed by atoms with Gasteiger partial charge in [0.1, 0.15) is 5.82 Å². The van der Waals surface area contributed by atoms with Gasteiger partial charge in [0.05, 0.1) is 12.0 Å². The maximum Gasteiger partial charge on any atom is 0.334 e. The summed E-state index contributed by atoms with van der Waals surface area (Å²) in [5.41, 5.74) is 0.00237. The maximum atomic E-state index is 12.8. The highest BCUT2D eigenvalue weighted by Gasteiger charge is 2.51. The van der Waals surface area contributed by atoms with Gasteiger partial charge in [0, 0.05) is 0 Å². The summed E-state index contributed by atoms with van der Waals surface area (Å²) >= 11 is 0. The van der Waals surface area contributed by atoms with Crippen LogP contribution in [0.1, 0.15) is 18.4 Å². The summed E-state index contributed by atoms with van der Waals surface area (Å²) in [6, 6.07) is 5.68. The molecule has 0 unspecified atom stereocenters. The summed E-state index contributed by atoms with van der Waals surface area (Å²) in [5, 5.41) is 20.0. The van der Waals surface area contributed by atoms with E-state index in [1.165, 1.54) is 12.1 Å². The molecule has 1 amide bonds. The number of rotatable bonds is 5. The molecule has 102 valence electrons. The third-order valence-electron chi connectivity index (χ3n) is 3.32. The van der Waals surface area contributed by atoms with Crippen molar-refractivity contribution in [2.75, 3.05) is 6.54 Å². The molecule has 0 bridgehead atoms. The second-order valence-electron chi connectivity index (χ2n) is 4.65. The van der Waals surface area contributed by atoms with Gasteiger partial charge in [0.15, 0.2) is 6.10 Å². The van der Waals surface area contributed by atoms with Gasteiger partial charge in [-0.3, -0.25) is 4.79 Å². The van der Waals surface area contributed by atoms with E-state index >= 15 is 0 Å². The van der Waals surface area contributed by atoms with E-state index in [2.05, 4.69) is 5.32 Å². The van der Waals surface area contributed by atoms with Crippen molar-refractivity contribution < 1.29 is 24.2 Å². The van der Waals surface area contributed by atoms with E-state index in [-0.39, 0.29) is 18.3 Å². The SMILES string of the molecule is O=C(O)[C@@H](O)CNC(=O)C1(c2ccc(F)cc2)CC1. The third kappa shape index (κ3) is 2.73. The van der Waals surface area contributed by atoms with Gasteiger partial charge in [0.25, 0.3) is 0 Å². The number of aliphatic hydroxyl groups excluding tert-OH is 1. The first kappa shape index (κ1) is 13.5. The largest absolute Gasteiger partial charge is 0.479 e. The zero-order chi connectivity index (χ0) is 14.0. The van der Waals surface area contributed by atoms with Crippen molar-refractivity contribution in [3.05, 3.63) is 35.6 Å². The summed E-state index contributed by atoms with van der Waals surface area (Å²) in [7, 11) is 0. The zero-order valence-electron chi connectivity index (χ0n) is 10.1. The maximum absolute atomic E-state index is 12.8. The first-order chi connectivity index (χ1) is 8.95. The fourth-order valence-corrected chi connectivity index (χ4v) is 1.99. The monoisotopic (exact) mass is 267 g/mol. The first-order valence-electron chi connectivity index (χ1n) is 5.91. The Morgan fingerprint density at radius 3 is 2.37 bits per heavy atom. The van der Waals surface area contributed by atoms with Crippen LogP contribution in [-0.4, -0.2) is 34.7 Å². The molecule has 0 saturated heterocycles. The van der Waals surface area contributed by atoms with Crippen molar-refractivity contribution in [1.29, 1.82) is 0 Å². The lowest BCUT2D eigenvalue weighted by Gasteiger charge is -2.16. The smallest absolute Gasteiger partial charge is 0.334 e. The Balaban J connectivity index is 2.02. The number of carbonyl (C=O) groups excluding carboxylic acids is 1. The highest BCUT2D eigenvalue weighted by molar-refractivity contribution is 5.91. The predicted molar refractivity (Wildman–Crippen MR) is 64.0 cm³/mol. The number of amides is 1. The number of aliphatic hydroxyl groups is 1. The fraction of sp³-hybridized carbons (Fsp3) is 0.385. The molecule has 0 aliphatic heterocycles. The zero-order valence-corrected chi connectivity index (χ0v) is 10.1. The van der Waals surface area contributed by atoms with Crippen molar-refractivity contribution in [2.24, 2.45) is 0 Å². The lowest BCUT2D eigenvalue weighted by molar-refractivity contribution is -0.146. The van der Waals surface area contributed by atoms with Gasteiger partial charge in [-0.1, -0.05) is 12.1 Å². The average molecular weight is 267 g/mol. The summed E-state index contributed by atoms with van der Waals surface area (Å²) in [6.07, 6.45) is -0.352. The molecule has 1 fully saturated rings. The summed E-state index contributed by atoms with van der Waals surface area (Å²) in [6.45, 7) is -0.336. The molecule has 1 aromatic carbocycles. The number of hydrogen-bond acceptors (Lipinski definition) is 3. The minimum Gasteiger partial charge on any atom is -0.479 e. The van der Waals surface area contributed by atoms with Crippen LogP contribution in [0.25, 0.3) is 0 Å². The Hall–Kier alpha value is -1.95. The van der Waals surface area contributed by atoms with E-state index in [4.69, 9.17) is 10.2 Å². The number of benzene rings is 1. The molecule has 2 rings (SSSR count). The Kier molecular flexibility index (Phi) is 3.53. The number of nitrogens with one attached hydrogen (secondary N) is 1. The van der Waals surface area contributed by atoms with Gasteiger partial charge in [-0.25, -0.2) is 9.18 Å². The topological polar surface area (TPSA) is 86.6 Å². The molecule has 1 saturated carbocycles. The quantitative estimate of drug-likeness (QED) is 0.721. The van der Waals surface area contributed by atoms with Crippen LogP contribution in [0.2, 0.25) is 0 Å². The standard InChI is InChI=1S/C13H14FNO4/c14-9-3-1-8(2-4-9)13(5-6-13)12(19)15-7-10(16)11(17)18/h1-4,10,16H,5-7H2,(H,15,19)(H,17,18)/t10-/m0/s1. The Bertz CT molecular complexity index is 496. The molecule has 1 aromatic rings. The minimum absolute atomic E-state index is 0.334. The molecule has 0 radical (unpaired) electrons. The molecule has 1 atom stereocenters. The molecule has 0 heterocycles. The number of halogens is 1. The van der Waals surface area contributed by atoms with Gasteiger partial charge in [-0.15, -0.1) is 0 Å². The highest BCUT2D eigenvalue weighted by Crippen LogP contribution is 2.48. The van der Waals surface area contributed by atoms with Crippen molar-refractivity contribution >= 4 is 11.9 Å². The molecular formula is C13H14FNO4. The van der Waals surface area contributed by atoms with Crippen LogP contribution in [-0.2, 0) is 15.0 Å². The van der Waals surface area contributed by atoms with Gasteiger partial charge >= 0.3 is 5.97 Å². The highest BCUT2D eigenvalue weighted by atomic mass is 19.1. The van der Waals surface area contributed by atoms with Gasteiger partial charge in [-0.05, 0) is 30.5 Å². The first-order valence-corrected chi connectivity index (χ1v) is 5.91. The van der Waals surface area contributed by atoms with Crippen molar-refractivity contribution in [2.45, 2.75) is 24.4 Å². The summed E-state index contributed by atoms with van der Waals surface area (Å²) < 4.78 is 12.8. The van der Waals surface area contributed by atoms with Crippen molar-refractivity contribution in [3.63, 3.8) is 0 Å². The normalized spacial score (nSPS) is 17.6. The Labute approximate surface area is 109 Å². The predicted octanol–water partition coefficient (Wildman–Crippen LogP) is 0.419. The van der Waals surface area contributed by atoms with E-state index in [1.54, 1.807) is 12.1 Å². The van der Waals surface area contributed by atoms with Crippen molar-refractivity contribution in [3.8, 4) is 0 Å². The van der Waals surface area contributed by atoms with E-state index in [1.807, 2.05) is 0 Å². The molecule has 0 spiro atoms. The number of carboxylic acid groups (broad SMARTS) is 1. The molecule has 1 aliphatic rings. The van der Waals surface area contributed by atoms with Crippen LogP contribution < -0.4 is 5.32 Å². The average Bonchev–Trinajstić information content (AvgIpc) is 3.17. The Morgan fingerprint density at radius 1 is 1.32 bits per heavy atom. The van der Waals surface area contributed by atoms with Crippen LogP contribution in [0.15, 0.2) is 24.3 Å². The lowest BCUT2D eigenvalue weighted by Crippen LogP contribution is -2.41. The molecule has 3 N–H and O–H groups in total.